The van der Waals surface area contributed by atoms with Gasteiger partial charge in [-0.2, -0.15) is 5.26 Å². The van der Waals surface area contributed by atoms with Gasteiger partial charge in [0.05, 0.1) is 17.1 Å². The molecule has 1 heterocycles. The van der Waals surface area contributed by atoms with Gasteiger partial charge in [-0.15, -0.1) is 0 Å². The highest BCUT2D eigenvalue weighted by Crippen LogP contribution is 2.16. The van der Waals surface area contributed by atoms with Crippen LogP contribution in [0.1, 0.15) is 5.56 Å². The van der Waals surface area contributed by atoms with Gasteiger partial charge in [0.15, 0.2) is 0 Å². The van der Waals surface area contributed by atoms with Crippen molar-refractivity contribution < 1.29 is 4.39 Å². The number of pyridine rings is 1. The Morgan fingerprint density at radius 1 is 1.31 bits per heavy atom. The van der Waals surface area contributed by atoms with E-state index in [9.17, 15) is 4.39 Å². The average molecular weight is 172 g/mol. The second-order valence-corrected chi connectivity index (χ2v) is 2.63. The zero-order valence-corrected chi connectivity index (χ0v) is 6.66. The van der Waals surface area contributed by atoms with Crippen molar-refractivity contribution >= 4 is 10.9 Å². The van der Waals surface area contributed by atoms with Crippen LogP contribution in [-0.4, -0.2) is 4.98 Å². The summed E-state index contributed by atoms with van der Waals surface area (Å²) in [6, 6.07) is 7.84. The first-order valence-electron chi connectivity index (χ1n) is 3.75. The van der Waals surface area contributed by atoms with Crippen molar-refractivity contribution in [2.24, 2.45) is 0 Å². The molecule has 2 rings (SSSR count). The molecule has 0 bridgehead atoms. The van der Waals surface area contributed by atoms with Crippen molar-refractivity contribution in [1.82, 2.24) is 4.98 Å². The molecule has 62 valence electrons. The monoisotopic (exact) mass is 172 g/mol. The third-order valence-corrected chi connectivity index (χ3v) is 1.83. The van der Waals surface area contributed by atoms with E-state index in [2.05, 4.69) is 4.98 Å². The van der Waals surface area contributed by atoms with Crippen LogP contribution in [0.3, 0.4) is 0 Å². The smallest absolute Gasteiger partial charge is 0.125 e. The van der Waals surface area contributed by atoms with Crippen molar-refractivity contribution in [3.63, 3.8) is 0 Å². The summed E-state index contributed by atoms with van der Waals surface area (Å²) >= 11 is 0. The number of hydrogen-bond acceptors (Lipinski definition) is 2. The highest BCUT2D eigenvalue weighted by molar-refractivity contribution is 5.84. The molecule has 0 aliphatic rings. The van der Waals surface area contributed by atoms with Gasteiger partial charge in [-0.1, -0.05) is 0 Å². The van der Waals surface area contributed by atoms with E-state index in [1.54, 1.807) is 12.1 Å². The zero-order chi connectivity index (χ0) is 9.26. The molecule has 0 aliphatic heterocycles. The van der Waals surface area contributed by atoms with Gasteiger partial charge in [-0.05, 0) is 18.2 Å². The number of halogens is 1. The third kappa shape index (κ3) is 1.23. The van der Waals surface area contributed by atoms with Crippen molar-refractivity contribution in [1.29, 1.82) is 5.26 Å². The molecule has 2 aromatic rings. The van der Waals surface area contributed by atoms with Crippen LogP contribution in [0.2, 0.25) is 0 Å². The second-order valence-electron chi connectivity index (χ2n) is 2.63. The van der Waals surface area contributed by atoms with E-state index in [1.807, 2.05) is 6.07 Å². The number of aromatic nitrogens is 1. The summed E-state index contributed by atoms with van der Waals surface area (Å²) in [4.78, 5) is 3.96. The van der Waals surface area contributed by atoms with Gasteiger partial charge in [-0.25, -0.2) is 4.39 Å². The molecular formula is C10H5FN2. The topological polar surface area (TPSA) is 36.7 Å². The Morgan fingerprint density at radius 3 is 2.92 bits per heavy atom. The number of fused-ring (bicyclic) bond motifs is 1. The van der Waals surface area contributed by atoms with Crippen LogP contribution >= 0.6 is 0 Å². The SMILES string of the molecule is N#Cc1ccnc2cc(F)ccc12. The second kappa shape index (κ2) is 2.83. The summed E-state index contributed by atoms with van der Waals surface area (Å²) in [5, 5.41) is 9.42. The lowest BCUT2D eigenvalue weighted by Crippen LogP contribution is -1.84. The predicted molar refractivity (Wildman–Crippen MR) is 46.4 cm³/mol. The summed E-state index contributed by atoms with van der Waals surface area (Å²) in [7, 11) is 0. The maximum absolute atomic E-state index is 12.7. The van der Waals surface area contributed by atoms with Gasteiger partial charge in [0.1, 0.15) is 5.82 Å². The largest absolute Gasteiger partial charge is 0.256 e. The molecule has 0 spiro atoms. The highest BCUT2D eigenvalue weighted by Gasteiger charge is 2.01. The molecule has 3 heteroatoms. The van der Waals surface area contributed by atoms with Crippen LogP contribution in [0.4, 0.5) is 4.39 Å². The molecular weight excluding hydrogens is 167 g/mol. The maximum Gasteiger partial charge on any atom is 0.125 e. The lowest BCUT2D eigenvalue weighted by molar-refractivity contribution is 0.629. The van der Waals surface area contributed by atoms with E-state index in [0.29, 0.717) is 16.5 Å². The number of nitriles is 1. The zero-order valence-electron chi connectivity index (χ0n) is 6.66. The van der Waals surface area contributed by atoms with Crippen molar-refractivity contribution in [2.75, 3.05) is 0 Å². The van der Waals surface area contributed by atoms with Gasteiger partial charge in [0, 0.05) is 17.6 Å². The van der Waals surface area contributed by atoms with Gasteiger partial charge in [-0.3, -0.25) is 4.98 Å². The quantitative estimate of drug-likeness (QED) is 0.611. The molecule has 0 N–H and O–H groups in total. The summed E-state index contributed by atoms with van der Waals surface area (Å²) in [5.74, 6) is -0.338. The number of hydrogen-bond donors (Lipinski definition) is 0. The Hall–Kier alpha value is -1.95. The molecule has 1 aromatic heterocycles. The molecule has 0 radical (unpaired) electrons. The molecule has 2 nitrogen and oxygen atoms in total. The lowest BCUT2D eigenvalue weighted by Gasteiger charge is -1.97. The normalized spacial score (nSPS) is 9.85. The van der Waals surface area contributed by atoms with Crippen LogP contribution in [0, 0.1) is 17.1 Å². The predicted octanol–water partition coefficient (Wildman–Crippen LogP) is 2.25. The fourth-order valence-electron chi connectivity index (χ4n) is 1.22. The first kappa shape index (κ1) is 7.69. The Morgan fingerprint density at radius 2 is 2.15 bits per heavy atom. The summed E-state index contributed by atoms with van der Waals surface area (Å²) in [6.07, 6.45) is 1.50. The van der Waals surface area contributed by atoms with Crippen LogP contribution in [0.25, 0.3) is 10.9 Å². The summed E-state index contributed by atoms with van der Waals surface area (Å²) in [5.41, 5.74) is 1.03. The molecule has 0 unspecified atom stereocenters. The third-order valence-electron chi connectivity index (χ3n) is 1.83. The fraction of sp³-hybridized carbons (Fsp3) is 0. The first-order valence-corrected chi connectivity index (χ1v) is 3.75. The number of benzene rings is 1. The molecule has 0 amide bonds. The van der Waals surface area contributed by atoms with Crippen molar-refractivity contribution in [3.05, 3.63) is 41.8 Å². The van der Waals surface area contributed by atoms with E-state index in [4.69, 9.17) is 5.26 Å². The molecule has 0 atom stereocenters. The van der Waals surface area contributed by atoms with Crippen molar-refractivity contribution in [3.8, 4) is 6.07 Å². The Kier molecular flexibility index (Phi) is 1.67. The van der Waals surface area contributed by atoms with Crippen LogP contribution in [0.15, 0.2) is 30.5 Å². The average Bonchev–Trinajstić information content (AvgIpc) is 2.16. The number of rotatable bonds is 0. The molecule has 0 aliphatic carbocycles. The minimum absolute atomic E-state index is 0.338. The summed E-state index contributed by atoms with van der Waals surface area (Å²) < 4.78 is 12.7. The van der Waals surface area contributed by atoms with E-state index < -0.39 is 0 Å². The molecule has 1 aromatic carbocycles. The summed E-state index contributed by atoms with van der Waals surface area (Å²) in [6.45, 7) is 0. The minimum Gasteiger partial charge on any atom is -0.256 e. The van der Waals surface area contributed by atoms with Crippen LogP contribution < -0.4 is 0 Å². The van der Waals surface area contributed by atoms with Gasteiger partial charge >= 0.3 is 0 Å². The van der Waals surface area contributed by atoms with Crippen LogP contribution in [-0.2, 0) is 0 Å². The standard InChI is InChI=1S/C10H5FN2/c11-8-1-2-9-7(6-12)3-4-13-10(9)5-8/h1-5H. The highest BCUT2D eigenvalue weighted by atomic mass is 19.1. The molecule has 0 saturated heterocycles. The maximum atomic E-state index is 12.7. The molecule has 0 fully saturated rings. The van der Waals surface area contributed by atoms with E-state index in [1.165, 1.54) is 18.3 Å². The van der Waals surface area contributed by atoms with Gasteiger partial charge in [0.2, 0.25) is 0 Å². The lowest BCUT2D eigenvalue weighted by atomic mass is 10.1. The van der Waals surface area contributed by atoms with Crippen molar-refractivity contribution in [2.45, 2.75) is 0 Å². The number of nitrogens with zero attached hydrogens (tertiary/aromatic N) is 2. The van der Waals surface area contributed by atoms with Gasteiger partial charge < -0.3 is 0 Å². The van der Waals surface area contributed by atoms with Crippen LogP contribution in [0.5, 0.6) is 0 Å². The Balaban J connectivity index is 2.87. The molecule has 13 heavy (non-hydrogen) atoms. The Labute approximate surface area is 74.3 Å². The minimum atomic E-state index is -0.338. The first-order chi connectivity index (χ1) is 6.31. The van der Waals surface area contributed by atoms with E-state index in [0.717, 1.165) is 0 Å². The Bertz CT molecular complexity index is 500. The molecule has 0 saturated carbocycles. The van der Waals surface area contributed by atoms with Gasteiger partial charge in [0.25, 0.3) is 0 Å². The fourth-order valence-corrected chi connectivity index (χ4v) is 1.22. The van der Waals surface area contributed by atoms with E-state index in [-0.39, 0.29) is 5.82 Å². The van der Waals surface area contributed by atoms with E-state index >= 15 is 0 Å².